The lowest BCUT2D eigenvalue weighted by Gasteiger charge is -2.31. The van der Waals surface area contributed by atoms with Crippen LogP contribution in [-0.4, -0.2) is 33.4 Å². The molecule has 1 N–H and O–H groups in total. The van der Waals surface area contributed by atoms with Crippen LogP contribution in [0.3, 0.4) is 0 Å². The number of nitrogens with one attached hydrogen (secondary N) is 1. The molecule has 1 aliphatic heterocycles. The van der Waals surface area contributed by atoms with Crippen LogP contribution >= 0.6 is 0 Å². The van der Waals surface area contributed by atoms with Gasteiger partial charge in [0.05, 0.1) is 17.6 Å². The van der Waals surface area contributed by atoms with Crippen LogP contribution in [0, 0.1) is 11.7 Å². The van der Waals surface area contributed by atoms with Crippen LogP contribution in [0.15, 0.2) is 78.9 Å². The Morgan fingerprint density at radius 2 is 1.62 bits per heavy atom. The summed E-state index contributed by atoms with van der Waals surface area (Å²) in [6, 6.07) is 24.1. The van der Waals surface area contributed by atoms with Gasteiger partial charge in [0.15, 0.2) is 0 Å². The second-order valence-corrected chi connectivity index (χ2v) is 8.23. The summed E-state index contributed by atoms with van der Waals surface area (Å²) in [4.78, 5) is 19.8. The summed E-state index contributed by atoms with van der Waals surface area (Å²) >= 11 is 0. The number of benzene rings is 3. The van der Waals surface area contributed by atoms with E-state index in [1.54, 1.807) is 12.1 Å². The van der Waals surface area contributed by atoms with Crippen molar-refractivity contribution in [2.24, 2.45) is 5.92 Å². The zero-order valence-electron chi connectivity index (χ0n) is 17.7. The highest BCUT2D eigenvalue weighted by atomic mass is 19.1. The number of nitrogens with zero attached hydrogens (tertiary/aromatic N) is 3. The maximum atomic E-state index is 13.5. The zero-order valence-corrected chi connectivity index (χ0v) is 17.7. The van der Waals surface area contributed by atoms with Crippen molar-refractivity contribution in [1.82, 2.24) is 14.5 Å². The number of anilines is 1. The fraction of sp³-hybridized carbons (Fsp3) is 0.231. The van der Waals surface area contributed by atoms with Gasteiger partial charge in [0.1, 0.15) is 11.6 Å². The molecule has 6 heteroatoms. The molecule has 1 saturated heterocycles. The number of aromatic nitrogens is 2. The molecule has 162 valence electrons. The summed E-state index contributed by atoms with van der Waals surface area (Å²) in [5.74, 6) is 0.775. The van der Waals surface area contributed by atoms with Gasteiger partial charge in [-0.1, -0.05) is 30.3 Å². The number of carbonyl (C=O) groups excluding carboxylic acids is 1. The average molecular weight is 429 g/mol. The lowest BCUT2D eigenvalue weighted by molar-refractivity contribution is -0.121. The van der Waals surface area contributed by atoms with E-state index in [0.29, 0.717) is 6.54 Å². The third kappa shape index (κ3) is 4.27. The van der Waals surface area contributed by atoms with E-state index in [-0.39, 0.29) is 17.6 Å². The molecule has 3 aromatic carbocycles. The summed E-state index contributed by atoms with van der Waals surface area (Å²) in [5, 5.41) is 3.02. The van der Waals surface area contributed by atoms with Crippen LogP contribution in [0.4, 0.5) is 10.1 Å². The molecule has 1 amide bonds. The molecule has 32 heavy (non-hydrogen) atoms. The molecule has 0 unspecified atom stereocenters. The molecule has 0 radical (unpaired) electrons. The quantitative estimate of drug-likeness (QED) is 0.486. The lowest BCUT2D eigenvalue weighted by atomic mass is 9.96. The Kier molecular flexibility index (Phi) is 5.69. The number of hydrogen-bond donors (Lipinski definition) is 1. The van der Waals surface area contributed by atoms with E-state index in [2.05, 4.69) is 14.8 Å². The monoisotopic (exact) mass is 428 g/mol. The van der Waals surface area contributed by atoms with Crippen LogP contribution in [0.1, 0.15) is 18.7 Å². The smallest absolute Gasteiger partial charge is 0.227 e. The highest BCUT2D eigenvalue weighted by Crippen LogP contribution is 2.25. The molecule has 0 bridgehead atoms. The molecule has 0 spiro atoms. The van der Waals surface area contributed by atoms with Gasteiger partial charge in [0.2, 0.25) is 5.91 Å². The molecule has 2 heterocycles. The number of halogens is 1. The first-order chi connectivity index (χ1) is 15.7. The number of para-hydroxylation sites is 3. The molecule has 0 saturated carbocycles. The van der Waals surface area contributed by atoms with E-state index in [9.17, 15) is 9.18 Å². The highest BCUT2D eigenvalue weighted by Gasteiger charge is 2.26. The Balaban J connectivity index is 1.30. The van der Waals surface area contributed by atoms with Crippen LogP contribution in [0.25, 0.3) is 16.7 Å². The number of rotatable bonds is 5. The van der Waals surface area contributed by atoms with Gasteiger partial charge in [-0.3, -0.25) is 14.3 Å². The first kappa shape index (κ1) is 20.4. The van der Waals surface area contributed by atoms with Crippen LogP contribution in [0.2, 0.25) is 0 Å². The Hall–Kier alpha value is -3.51. The Morgan fingerprint density at radius 1 is 0.938 bits per heavy atom. The van der Waals surface area contributed by atoms with Crippen molar-refractivity contribution >= 4 is 22.6 Å². The first-order valence-corrected chi connectivity index (χ1v) is 11.0. The van der Waals surface area contributed by atoms with Crippen molar-refractivity contribution in [3.8, 4) is 5.69 Å². The average Bonchev–Trinajstić information content (AvgIpc) is 3.18. The minimum Gasteiger partial charge on any atom is -0.326 e. The predicted molar refractivity (Wildman–Crippen MR) is 124 cm³/mol. The van der Waals surface area contributed by atoms with Crippen molar-refractivity contribution in [2.45, 2.75) is 19.4 Å². The fourth-order valence-electron chi connectivity index (χ4n) is 4.38. The number of piperidine rings is 1. The summed E-state index contributed by atoms with van der Waals surface area (Å²) in [6.07, 6.45) is 1.63. The number of likely N-dealkylation sites (tertiary alicyclic amines) is 1. The predicted octanol–water partition coefficient (Wildman–Crippen LogP) is 5.02. The van der Waals surface area contributed by atoms with Gasteiger partial charge in [-0.25, -0.2) is 9.37 Å². The molecular formula is C26H25FN4O. The maximum Gasteiger partial charge on any atom is 0.227 e. The minimum atomic E-state index is -0.254. The van der Waals surface area contributed by atoms with Gasteiger partial charge < -0.3 is 5.32 Å². The fourth-order valence-corrected chi connectivity index (χ4v) is 4.38. The van der Waals surface area contributed by atoms with Crippen LogP contribution in [0.5, 0.6) is 0 Å². The Morgan fingerprint density at radius 3 is 2.38 bits per heavy atom. The van der Waals surface area contributed by atoms with Crippen molar-refractivity contribution in [3.05, 3.63) is 90.5 Å². The number of hydrogen-bond acceptors (Lipinski definition) is 3. The molecule has 4 aromatic rings. The topological polar surface area (TPSA) is 50.2 Å². The van der Waals surface area contributed by atoms with Crippen LogP contribution in [-0.2, 0) is 11.3 Å². The molecule has 5 rings (SSSR count). The number of imidazole rings is 1. The lowest BCUT2D eigenvalue weighted by Crippen LogP contribution is -2.38. The number of carbonyl (C=O) groups is 1. The molecule has 1 aliphatic rings. The second-order valence-electron chi connectivity index (χ2n) is 8.23. The van der Waals surface area contributed by atoms with E-state index >= 15 is 0 Å². The van der Waals surface area contributed by atoms with Crippen molar-refractivity contribution in [1.29, 1.82) is 0 Å². The molecule has 0 aliphatic carbocycles. The standard InChI is InChI=1S/C26H25FN4O/c27-20-10-12-22(13-11-20)31-24-9-5-4-8-23(24)29-25(31)18-30-16-14-19(15-17-30)26(32)28-21-6-2-1-3-7-21/h1-13,19H,14-18H2,(H,28,32). The van der Waals surface area contributed by atoms with Crippen molar-refractivity contribution in [2.75, 3.05) is 18.4 Å². The molecule has 1 fully saturated rings. The Bertz CT molecular complexity index is 1210. The van der Waals surface area contributed by atoms with Crippen LogP contribution < -0.4 is 5.32 Å². The number of fused-ring (bicyclic) bond motifs is 1. The van der Waals surface area contributed by atoms with E-state index in [1.165, 1.54) is 12.1 Å². The second kappa shape index (κ2) is 8.93. The van der Waals surface area contributed by atoms with Gasteiger partial charge in [0, 0.05) is 17.3 Å². The van der Waals surface area contributed by atoms with Crippen molar-refractivity contribution in [3.63, 3.8) is 0 Å². The normalized spacial score (nSPS) is 15.2. The van der Waals surface area contributed by atoms with Gasteiger partial charge >= 0.3 is 0 Å². The third-order valence-corrected chi connectivity index (χ3v) is 6.08. The zero-order chi connectivity index (χ0) is 21.9. The molecule has 1 aromatic heterocycles. The highest BCUT2D eigenvalue weighted by molar-refractivity contribution is 5.92. The summed E-state index contributed by atoms with van der Waals surface area (Å²) in [7, 11) is 0. The van der Waals surface area contributed by atoms with E-state index in [1.807, 2.05) is 54.6 Å². The SMILES string of the molecule is O=C(Nc1ccccc1)C1CCN(Cc2nc3ccccc3n2-c2ccc(F)cc2)CC1. The molecular weight excluding hydrogens is 403 g/mol. The van der Waals surface area contributed by atoms with Gasteiger partial charge in [0.25, 0.3) is 0 Å². The summed E-state index contributed by atoms with van der Waals surface area (Å²) in [6.45, 7) is 2.35. The maximum absolute atomic E-state index is 13.5. The third-order valence-electron chi connectivity index (χ3n) is 6.08. The minimum absolute atomic E-state index is 0.0161. The largest absolute Gasteiger partial charge is 0.326 e. The van der Waals surface area contributed by atoms with Crippen molar-refractivity contribution < 1.29 is 9.18 Å². The van der Waals surface area contributed by atoms with E-state index in [4.69, 9.17) is 4.98 Å². The van der Waals surface area contributed by atoms with E-state index in [0.717, 1.165) is 54.2 Å². The first-order valence-electron chi connectivity index (χ1n) is 11.0. The summed E-state index contributed by atoms with van der Waals surface area (Å²) < 4.78 is 15.6. The summed E-state index contributed by atoms with van der Waals surface area (Å²) in [5.41, 5.74) is 3.66. The van der Waals surface area contributed by atoms with Gasteiger partial charge in [-0.15, -0.1) is 0 Å². The number of amides is 1. The van der Waals surface area contributed by atoms with Gasteiger partial charge in [-0.2, -0.15) is 0 Å². The Labute approximate surface area is 186 Å². The molecule has 5 nitrogen and oxygen atoms in total. The van der Waals surface area contributed by atoms with Gasteiger partial charge in [-0.05, 0) is 74.5 Å². The van der Waals surface area contributed by atoms with E-state index < -0.39 is 0 Å². The molecule has 0 atom stereocenters.